The van der Waals surface area contributed by atoms with Crippen molar-refractivity contribution in [2.75, 3.05) is 39.8 Å². The van der Waals surface area contributed by atoms with Crippen molar-refractivity contribution in [2.45, 2.75) is 6.67 Å². The van der Waals surface area contributed by atoms with Crippen molar-refractivity contribution in [3.63, 3.8) is 0 Å². The van der Waals surface area contributed by atoms with Gasteiger partial charge in [-0.2, -0.15) is 5.10 Å². The molecule has 0 bridgehead atoms. The molecule has 0 spiro atoms. The summed E-state index contributed by atoms with van der Waals surface area (Å²) in [5, 5.41) is 5.39. The second kappa shape index (κ2) is 6.82. The predicted octanol–water partition coefficient (Wildman–Crippen LogP) is 1.03. The van der Waals surface area contributed by atoms with Crippen LogP contribution in [0.25, 0.3) is 10.9 Å². The Morgan fingerprint density at radius 2 is 2.04 bits per heavy atom. The molecule has 0 aliphatic carbocycles. The van der Waals surface area contributed by atoms with E-state index in [0.717, 1.165) is 50.3 Å². The molecule has 1 fully saturated rings. The van der Waals surface area contributed by atoms with E-state index in [-0.39, 0.29) is 5.97 Å². The van der Waals surface area contributed by atoms with E-state index >= 15 is 0 Å². The van der Waals surface area contributed by atoms with Crippen molar-refractivity contribution in [1.82, 2.24) is 19.6 Å². The number of methoxy groups -OCH3 is 1. The number of nitrogens with zero attached hydrogens (tertiary/aromatic N) is 4. The Kier molecular flexibility index (Phi) is 4.60. The minimum Gasteiger partial charge on any atom is -0.465 e. The SMILES string of the molecule is C#CCN1CCN(Cn2ncc3cc(C(=O)OC)ccc32)CC1. The highest BCUT2D eigenvalue weighted by atomic mass is 16.5. The predicted molar refractivity (Wildman–Crippen MR) is 87.9 cm³/mol. The van der Waals surface area contributed by atoms with Crippen LogP contribution in [0.5, 0.6) is 0 Å². The first-order valence-corrected chi connectivity index (χ1v) is 7.63. The molecule has 3 rings (SSSR count). The molecule has 1 aliphatic rings. The molecule has 1 saturated heterocycles. The van der Waals surface area contributed by atoms with Gasteiger partial charge in [-0.25, -0.2) is 4.79 Å². The maximum atomic E-state index is 11.6. The molecular weight excluding hydrogens is 292 g/mol. The molecule has 0 N–H and O–H groups in total. The standard InChI is InChI=1S/C17H20N4O2/c1-3-6-19-7-9-20(10-8-19)13-21-16-5-4-14(17(22)23-2)11-15(16)12-18-21/h1,4-5,11-12H,6-10,13H2,2H3. The highest BCUT2D eigenvalue weighted by Crippen LogP contribution is 2.17. The zero-order chi connectivity index (χ0) is 16.2. The quantitative estimate of drug-likeness (QED) is 0.623. The van der Waals surface area contributed by atoms with Crippen molar-refractivity contribution >= 4 is 16.9 Å². The van der Waals surface area contributed by atoms with Gasteiger partial charge in [0.1, 0.15) is 0 Å². The van der Waals surface area contributed by atoms with Gasteiger partial charge < -0.3 is 4.74 Å². The van der Waals surface area contributed by atoms with Crippen molar-refractivity contribution < 1.29 is 9.53 Å². The van der Waals surface area contributed by atoms with Gasteiger partial charge >= 0.3 is 5.97 Å². The van der Waals surface area contributed by atoms with Gasteiger partial charge in [0.2, 0.25) is 0 Å². The number of carbonyl (C=O) groups excluding carboxylic acids is 1. The van der Waals surface area contributed by atoms with Crippen molar-refractivity contribution in [2.24, 2.45) is 0 Å². The van der Waals surface area contributed by atoms with Crippen LogP contribution in [0.1, 0.15) is 10.4 Å². The first-order chi connectivity index (χ1) is 11.2. The number of fused-ring (bicyclic) bond motifs is 1. The third kappa shape index (κ3) is 3.36. The summed E-state index contributed by atoms with van der Waals surface area (Å²) in [5.41, 5.74) is 1.56. The summed E-state index contributed by atoms with van der Waals surface area (Å²) >= 11 is 0. The molecule has 0 unspecified atom stereocenters. The molecule has 2 heterocycles. The Labute approximate surface area is 135 Å². The number of carbonyl (C=O) groups is 1. The Balaban J connectivity index is 1.70. The van der Waals surface area contributed by atoms with Gasteiger partial charge in [-0.3, -0.25) is 14.5 Å². The second-order valence-corrected chi connectivity index (χ2v) is 5.65. The summed E-state index contributed by atoms with van der Waals surface area (Å²) in [5.74, 6) is 2.36. The van der Waals surface area contributed by atoms with E-state index in [9.17, 15) is 4.79 Å². The molecule has 1 aromatic heterocycles. The summed E-state index contributed by atoms with van der Waals surface area (Å²) in [4.78, 5) is 16.2. The van der Waals surface area contributed by atoms with E-state index in [1.165, 1.54) is 7.11 Å². The first-order valence-electron chi connectivity index (χ1n) is 7.63. The van der Waals surface area contributed by atoms with Gasteiger partial charge in [0.15, 0.2) is 0 Å². The van der Waals surface area contributed by atoms with Crippen molar-refractivity contribution in [3.05, 3.63) is 30.0 Å². The zero-order valence-electron chi connectivity index (χ0n) is 13.2. The number of esters is 1. The van der Waals surface area contributed by atoms with E-state index in [2.05, 4.69) is 20.8 Å². The Morgan fingerprint density at radius 3 is 2.74 bits per heavy atom. The average molecular weight is 312 g/mol. The Bertz CT molecular complexity index is 739. The molecule has 2 aromatic rings. The van der Waals surface area contributed by atoms with E-state index in [1.807, 2.05) is 16.8 Å². The zero-order valence-corrected chi connectivity index (χ0v) is 13.2. The van der Waals surface area contributed by atoms with Gasteiger partial charge in [-0.05, 0) is 18.2 Å². The molecule has 6 nitrogen and oxygen atoms in total. The highest BCUT2D eigenvalue weighted by Gasteiger charge is 2.17. The van der Waals surface area contributed by atoms with Gasteiger partial charge in [0, 0.05) is 31.6 Å². The van der Waals surface area contributed by atoms with Gasteiger partial charge in [-0.15, -0.1) is 6.42 Å². The second-order valence-electron chi connectivity index (χ2n) is 5.65. The lowest BCUT2D eigenvalue weighted by molar-refractivity contribution is 0.0601. The molecule has 0 saturated carbocycles. The lowest BCUT2D eigenvalue weighted by Crippen LogP contribution is -2.46. The van der Waals surface area contributed by atoms with Crippen molar-refractivity contribution in [1.29, 1.82) is 0 Å². The first kappa shape index (κ1) is 15.5. The monoisotopic (exact) mass is 312 g/mol. The molecule has 1 aliphatic heterocycles. The summed E-state index contributed by atoms with van der Waals surface area (Å²) in [6.07, 6.45) is 7.15. The Morgan fingerprint density at radius 1 is 1.30 bits per heavy atom. The van der Waals surface area contributed by atoms with Crippen LogP contribution in [-0.4, -0.2) is 65.4 Å². The number of rotatable bonds is 4. The van der Waals surface area contributed by atoms with Crippen LogP contribution in [-0.2, 0) is 11.4 Å². The van der Waals surface area contributed by atoms with Gasteiger partial charge in [-0.1, -0.05) is 5.92 Å². The summed E-state index contributed by atoms with van der Waals surface area (Å²) < 4.78 is 6.72. The number of aromatic nitrogens is 2. The summed E-state index contributed by atoms with van der Waals surface area (Å²) in [7, 11) is 1.38. The highest BCUT2D eigenvalue weighted by molar-refractivity contribution is 5.94. The van der Waals surface area contributed by atoms with E-state index in [1.54, 1.807) is 12.3 Å². The van der Waals surface area contributed by atoms with Gasteiger partial charge in [0.25, 0.3) is 0 Å². The van der Waals surface area contributed by atoms with Crippen LogP contribution < -0.4 is 0 Å². The largest absolute Gasteiger partial charge is 0.465 e. The number of hydrogen-bond acceptors (Lipinski definition) is 5. The summed E-state index contributed by atoms with van der Waals surface area (Å²) in [6.45, 7) is 5.37. The molecule has 23 heavy (non-hydrogen) atoms. The van der Waals surface area contributed by atoms with Gasteiger partial charge in [0.05, 0.1) is 37.6 Å². The number of benzene rings is 1. The third-order valence-corrected chi connectivity index (χ3v) is 4.18. The smallest absolute Gasteiger partial charge is 0.337 e. The molecule has 1 aromatic carbocycles. The normalized spacial score (nSPS) is 16.3. The van der Waals surface area contributed by atoms with Crippen molar-refractivity contribution in [3.8, 4) is 12.3 Å². The fraction of sp³-hybridized carbons (Fsp3) is 0.412. The van der Waals surface area contributed by atoms with Crippen LogP contribution in [0, 0.1) is 12.3 Å². The molecule has 0 amide bonds. The summed E-state index contributed by atoms with van der Waals surface area (Å²) in [6, 6.07) is 5.51. The van der Waals surface area contributed by atoms with E-state index in [0.29, 0.717) is 5.56 Å². The minimum atomic E-state index is -0.329. The molecule has 0 radical (unpaired) electrons. The molecule has 6 heteroatoms. The van der Waals surface area contributed by atoms with Crippen LogP contribution in [0.15, 0.2) is 24.4 Å². The molecule has 0 atom stereocenters. The minimum absolute atomic E-state index is 0.329. The van der Waals surface area contributed by atoms with Crippen LogP contribution in [0.3, 0.4) is 0 Å². The number of hydrogen-bond donors (Lipinski definition) is 0. The topological polar surface area (TPSA) is 50.6 Å². The van der Waals surface area contributed by atoms with Crippen LogP contribution in [0.2, 0.25) is 0 Å². The van der Waals surface area contributed by atoms with Crippen LogP contribution in [0.4, 0.5) is 0 Å². The lowest BCUT2D eigenvalue weighted by Gasteiger charge is -2.33. The number of terminal acetylenes is 1. The van der Waals surface area contributed by atoms with E-state index in [4.69, 9.17) is 11.2 Å². The Hall–Kier alpha value is -2.36. The number of ether oxygens (including phenoxy) is 1. The third-order valence-electron chi connectivity index (χ3n) is 4.18. The molecule has 120 valence electrons. The maximum Gasteiger partial charge on any atom is 0.337 e. The average Bonchev–Trinajstić information content (AvgIpc) is 2.98. The van der Waals surface area contributed by atoms with Crippen LogP contribution >= 0.6 is 0 Å². The molecular formula is C17H20N4O2. The fourth-order valence-corrected chi connectivity index (χ4v) is 2.85. The number of piperazine rings is 1. The van der Waals surface area contributed by atoms with E-state index < -0.39 is 0 Å². The lowest BCUT2D eigenvalue weighted by atomic mass is 10.1. The fourth-order valence-electron chi connectivity index (χ4n) is 2.85. The maximum absolute atomic E-state index is 11.6.